The van der Waals surface area contributed by atoms with Gasteiger partial charge >= 0.3 is 6.09 Å². The van der Waals surface area contributed by atoms with E-state index in [0.29, 0.717) is 6.54 Å². The van der Waals surface area contributed by atoms with Crippen LogP contribution in [0.1, 0.15) is 33.3 Å². The Kier molecular flexibility index (Phi) is 5.76. The molecule has 0 aliphatic rings. The molecule has 0 heterocycles. The van der Waals surface area contributed by atoms with Gasteiger partial charge in [0, 0.05) is 13.6 Å². The SMILES string of the molecule is C[C@@H](C(=O)NCc1ccccc1)N(C)C(=O)OC(C)(C)C. The Morgan fingerprint density at radius 2 is 1.81 bits per heavy atom. The van der Waals surface area contributed by atoms with E-state index in [1.165, 1.54) is 4.90 Å². The van der Waals surface area contributed by atoms with E-state index in [-0.39, 0.29) is 5.91 Å². The molecule has 1 rings (SSSR count). The van der Waals surface area contributed by atoms with Crippen molar-refractivity contribution in [1.29, 1.82) is 0 Å². The number of benzene rings is 1. The number of nitrogens with zero attached hydrogens (tertiary/aromatic N) is 1. The van der Waals surface area contributed by atoms with Crippen molar-refractivity contribution in [2.75, 3.05) is 7.05 Å². The number of nitrogens with one attached hydrogen (secondary N) is 1. The Bertz CT molecular complexity index is 480. The molecule has 116 valence electrons. The molecule has 21 heavy (non-hydrogen) atoms. The molecule has 0 bridgehead atoms. The van der Waals surface area contributed by atoms with Gasteiger partial charge in [-0.3, -0.25) is 9.69 Å². The molecule has 0 fully saturated rings. The van der Waals surface area contributed by atoms with Gasteiger partial charge in [0.2, 0.25) is 5.91 Å². The maximum absolute atomic E-state index is 12.1. The second kappa shape index (κ2) is 7.11. The van der Waals surface area contributed by atoms with Crippen LogP contribution in [-0.2, 0) is 16.1 Å². The third-order valence-corrected chi connectivity index (χ3v) is 2.95. The van der Waals surface area contributed by atoms with Gasteiger partial charge in [-0.15, -0.1) is 0 Å². The van der Waals surface area contributed by atoms with Crippen LogP contribution in [0.5, 0.6) is 0 Å². The molecule has 0 radical (unpaired) electrons. The molecular weight excluding hydrogens is 268 g/mol. The lowest BCUT2D eigenvalue weighted by atomic mass is 10.2. The molecule has 1 aromatic carbocycles. The van der Waals surface area contributed by atoms with Crippen LogP contribution in [0.4, 0.5) is 4.79 Å². The Morgan fingerprint density at radius 3 is 2.33 bits per heavy atom. The monoisotopic (exact) mass is 292 g/mol. The summed E-state index contributed by atoms with van der Waals surface area (Å²) in [6.07, 6.45) is -0.509. The van der Waals surface area contributed by atoms with Crippen LogP contribution in [0.25, 0.3) is 0 Å². The van der Waals surface area contributed by atoms with Gasteiger partial charge < -0.3 is 10.1 Å². The van der Waals surface area contributed by atoms with Crippen molar-refractivity contribution in [1.82, 2.24) is 10.2 Å². The molecule has 1 N–H and O–H groups in total. The van der Waals surface area contributed by atoms with E-state index in [4.69, 9.17) is 4.74 Å². The zero-order chi connectivity index (χ0) is 16.0. The van der Waals surface area contributed by atoms with Gasteiger partial charge in [0.1, 0.15) is 11.6 Å². The van der Waals surface area contributed by atoms with Crippen LogP contribution in [0.15, 0.2) is 30.3 Å². The number of ether oxygens (including phenoxy) is 1. The molecule has 0 saturated carbocycles. The second-order valence-corrected chi connectivity index (χ2v) is 5.97. The summed E-state index contributed by atoms with van der Waals surface area (Å²) in [4.78, 5) is 25.3. The van der Waals surface area contributed by atoms with Gasteiger partial charge in [-0.1, -0.05) is 30.3 Å². The summed E-state index contributed by atoms with van der Waals surface area (Å²) in [6.45, 7) is 7.48. The predicted molar refractivity (Wildman–Crippen MR) is 81.7 cm³/mol. The van der Waals surface area contributed by atoms with E-state index >= 15 is 0 Å². The summed E-state index contributed by atoms with van der Waals surface area (Å²) in [5, 5.41) is 2.81. The third kappa shape index (κ3) is 5.85. The van der Waals surface area contributed by atoms with E-state index in [9.17, 15) is 9.59 Å². The largest absolute Gasteiger partial charge is 0.444 e. The Morgan fingerprint density at radius 1 is 1.24 bits per heavy atom. The van der Waals surface area contributed by atoms with Gasteiger partial charge in [-0.2, -0.15) is 0 Å². The Labute approximate surface area is 126 Å². The Hall–Kier alpha value is -2.04. The third-order valence-electron chi connectivity index (χ3n) is 2.95. The van der Waals surface area contributed by atoms with Gasteiger partial charge in [0.15, 0.2) is 0 Å². The molecule has 2 amide bonds. The lowest BCUT2D eigenvalue weighted by Crippen LogP contribution is -2.47. The number of carbonyl (C=O) groups is 2. The fourth-order valence-corrected chi connectivity index (χ4v) is 1.60. The predicted octanol–water partition coefficient (Wildman–Crippen LogP) is 2.56. The van der Waals surface area contributed by atoms with Gasteiger partial charge in [0.05, 0.1) is 0 Å². The number of carbonyl (C=O) groups excluding carboxylic acids is 2. The van der Waals surface area contributed by atoms with E-state index in [0.717, 1.165) is 5.56 Å². The summed E-state index contributed by atoms with van der Waals surface area (Å²) in [6, 6.07) is 9.02. The van der Waals surface area contributed by atoms with E-state index in [2.05, 4.69) is 5.32 Å². The molecule has 0 aliphatic heterocycles. The minimum atomic E-state index is -0.594. The van der Waals surface area contributed by atoms with Crippen molar-refractivity contribution in [3.8, 4) is 0 Å². The highest BCUT2D eigenvalue weighted by Crippen LogP contribution is 2.10. The van der Waals surface area contributed by atoms with Crippen molar-refractivity contribution < 1.29 is 14.3 Å². The fourth-order valence-electron chi connectivity index (χ4n) is 1.60. The number of likely N-dealkylation sites (N-methyl/N-ethyl adjacent to an activating group) is 1. The molecule has 0 unspecified atom stereocenters. The molecule has 5 heteroatoms. The minimum Gasteiger partial charge on any atom is -0.444 e. The summed E-state index contributed by atoms with van der Waals surface area (Å²) in [7, 11) is 1.56. The van der Waals surface area contributed by atoms with Crippen molar-refractivity contribution >= 4 is 12.0 Å². The van der Waals surface area contributed by atoms with E-state index < -0.39 is 17.7 Å². The van der Waals surface area contributed by atoms with Crippen LogP contribution < -0.4 is 5.32 Å². The average molecular weight is 292 g/mol. The van der Waals surface area contributed by atoms with Crippen LogP contribution >= 0.6 is 0 Å². The maximum atomic E-state index is 12.1. The number of amides is 2. The van der Waals surface area contributed by atoms with Crippen LogP contribution in [0, 0.1) is 0 Å². The summed E-state index contributed by atoms with van der Waals surface area (Å²) in [5.41, 5.74) is 0.434. The highest BCUT2D eigenvalue weighted by atomic mass is 16.6. The number of hydrogen-bond donors (Lipinski definition) is 1. The van der Waals surface area contributed by atoms with Crippen molar-refractivity contribution in [3.05, 3.63) is 35.9 Å². The fraction of sp³-hybridized carbons (Fsp3) is 0.500. The van der Waals surface area contributed by atoms with E-state index in [1.54, 1.807) is 34.7 Å². The van der Waals surface area contributed by atoms with Gasteiger partial charge in [-0.05, 0) is 33.3 Å². The zero-order valence-corrected chi connectivity index (χ0v) is 13.3. The molecular formula is C16H24N2O3. The van der Waals surface area contributed by atoms with Crippen molar-refractivity contribution in [3.63, 3.8) is 0 Å². The molecule has 0 aliphatic carbocycles. The highest BCUT2D eigenvalue weighted by Gasteiger charge is 2.26. The lowest BCUT2D eigenvalue weighted by Gasteiger charge is -2.28. The van der Waals surface area contributed by atoms with Gasteiger partial charge in [-0.25, -0.2) is 4.79 Å². The Balaban J connectivity index is 2.51. The number of hydrogen-bond acceptors (Lipinski definition) is 3. The lowest BCUT2D eigenvalue weighted by molar-refractivity contribution is -0.125. The van der Waals surface area contributed by atoms with Crippen molar-refractivity contribution in [2.24, 2.45) is 0 Å². The first kappa shape index (κ1) is 17.0. The normalized spacial score (nSPS) is 12.4. The summed E-state index contributed by atoms with van der Waals surface area (Å²) < 4.78 is 5.24. The molecule has 1 aromatic rings. The second-order valence-electron chi connectivity index (χ2n) is 5.97. The topological polar surface area (TPSA) is 58.6 Å². The quantitative estimate of drug-likeness (QED) is 0.928. The smallest absolute Gasteiger partial charge is 0.410 e. The van der Waals surface area contributed by atoms with Crippen molar-refractivity contribution in [2.45, 2.75) is 45.9 Å². The van der Waals surface area contributed by atoms with Crippen LogP contribution in [0.2, 0.25) is 0 Å². The summed E-state index contributed by atoms with van der Waals surface area (Å²) >= 11 is 0. The molecule has 0 aromatic heterocycles. The number of rotatable bonds is 4. The maximum Gasteiger partial charge on any atom is 0.410 e. The molecule has 0 spiro atoms. The first-order valence-electron chi connectivity index (χ1n) is 6.98. The molecule has 5 nitrogen and oxygen atoms in total. The van der Waals surface area contributed by atoms with Gasteiger partial charge in [0.25, 0.3) is 0 Å². The minimum absolute atomic E-state index is 0.216. The average Bonchev–Trinajstić information content (AvgIpc) is 2.42. The first-order chi connectivity index (χ1) is 9.70. The molecule has 1 atom stereocenters. The molecule has 0 saturated heterocycles. The highest BCUT2D eigenvalue weighted by molar-refractivity contribution is 5.85. The van der Waals surface area contributed by atoms with Crippen LogP contribution in [-0.4, -0.2) is 35.6 Å². The zero-order valence-electron chi connectivity index (χ0n) is 13.3. The van der Waals surface area contributed by atoms with Crippen LogP contribution in [0.3, 0.4) is 0 Å². The van der Waals surface area contributed by atoms with E-state index in [1.807, 2.05) is 30.3 Å². The first-order valence-corrected chi connectivity index (χ1v) is 6.98. The standard InChI is InChI=1S/C16H24N2O3/c1-12(18(5)15(20)21-16(2,3)4)14(19)17-11-13-9-7-6-8-10-13/h6-10,12H,11H2,1-5H3,(H,17,19)/t12-/m0/s1. The summed E-state index contributed by atoms with van der Waals surface area (Å²) in [5.74, 6) is -0.216.